The van der Waals surface area contributed by atoms with Crippen LogP contribution in [0.25, 0.3) is 0 Å². The van der Waals surface area contributed by atoms with Crippen LogP contribution in [0.5, 0.6) is 0 Å². The number of sulfonamides is 1. The Morgan fingerprint density at radius 2 is 1.61 bits per heavy atom. The Kier molecular flexibility index (Phi) is 6.48. The molecule has 2 heterocycles. The van der Waals surface area contributed by atoms with Crippen molar-refractivity contribution in [2.24, 2.45) is 0 Å². The summed E-state index contributed by atoms with van der Waals surface area (Å²) in [4.78, 5) is 30.3. The van der Waals surface area contributed by atoms with Crippen molar-refractivity contribution in [3.8, 4) is 0 Å². The third-order valence-electron chi connectivity index (χ3n) is 6.02. The monoisotopic (exact) mass is 441 g/mol. The molecule has 0 atom stereocenters. The minimum atomic E-state index is -3.57. The zero-order valence-corrected chi connectivity index (χ0v) is 18.2. The summed E-state index contributed by atoms with van der Waals surface area (Å²) >= 11 is 0. The minimum Gasteiger partial charge on any atom is -0.273 e. The molecular weight excluding hydrogens is 414 g/mol. The molecule has 1 aromatic heterocycles. The number of carbonyl (C=O) groups excluding carboxylic acids is 2. The summed E-state index contributed by atoms with van der Waals surface area (Å²) in [5.74, 6) is -0.723. The molecule has 31 heavy (non-hydrogen) atoms. The van der Waals surface area contributed by atoms with Crippen LogP contribution in [0.3, 0.4) is 0 Å². The first kappa shape index (κ1) is 21.6. The van der Waals surface area contributed by atoms with Crippen LogP contribution in [0.1, 0.15) is 71.4 Å². The summed E-state index contributed by atoms with van der Waals surface area (Å²) in [6, 6.07) is 9.89. The number of pyridine rings is 1. The van der Waals surface area contributed by atoms with Gasteiger partial charge in [-0.1, -0.05) is 44.2 Å². The van der Waals surface area contributed by atoms with Crippen LogP contribution in [0.4, 0.5) is 0 Å². The van der Waals surface area contributed by atoms with Gasteiger partial charge in [0.15, 0.2) is 0 Å². The highest BCUT2D eigenvalue weighted by Gasteiger charge is 2.36. The van der Waals surface area contributed by atoms with Crippen LogP contribution in [0, 0.1) is 0 Å². The number of hydrogen-bond donors (Lipinski definition) is 1. The molecule has 0 spiro atoms. The molecule has 0 saturated heterocycles. The third kappa shape index (κ3) is 4.85. The molecule has 2 amide bonds. The number of nitrogens with zero attached hydrogens (tertiary/aromatic N) is 2. The number of amides is 2. The lowest BCUT2D eigenvalue weighted by molar-refractivity contribution is 0.0654. The van der Waals surface area contributed by atoms with Crippen molar-refractivity contribution in [2.45, 2.75) is 62.3 Å². The summed E-state index contributed by atoms with van der Waals surface area (Å²) in [6.45, 7) is 0.223. The quantitative estimate of drug-likeness (QED) is 0.694. The van der Waals surface area contributed by atoms with E-state index in [4.69, 9.17) is 0 Å². The minimum absolute atomic E-state index is 0.00703. The highest BCUT2D eigenvalue weighted by atomic mass is 32.2. The summed E-state index contributed by atoms with van der Waals surface area (Å²) < 4.78 is 28.4. The van der Waals surface area contributed by atoms with E-state index in [0.29, 0.717) is 12.0 Å². The summed E-state index contributed by atoms with van der Waals surface area (Å²) in [5.41, 5.74) is 1.37. The van der Waals surface area contributed by atoms with E-state index in [2.05, 4.69) is 9.71 Å². The Morgan fingerprint density at radius 3 is 2.29 bits per heavy atom. The van der Waals surface area contributed by atoms with Gasteiger partial charge in [0.25, 0.3) is 11.8 Å². The third-order valence-corrected chi connectivity index (χ3v) is 7.55. The summed E-state index contributed by atoms with van der Waals surface area (Å²) in [6.07, 6.45) is 9.38. The van der Waals surface area contributed by atoms with Crippen molar-refractivity contribution in [3.63, 3.8) is 0 Å². The largest absolute Gasteiger partial charge is 0.280 e. The first-order valence-corrected chi connectivity index (χ1v) is 12.4. The van der Waals surface area contributed by atoms with Crippen molar-refractivity contribution in [1.29, 1.82) is 0 Å². The van der Waals surface area contributed by atoms with Gasteiger partial charge in [0, 0.05) is 18.8 Å². The molecule has 1 fully saturated rings. The number of hydrogen-bond acceptors (Lipinski definition) is 5. The van der Waals surface area contributed by atoms with E-state index in [-0.39, 0.29) is 35.0 Å². The zero-order chi connectivity index (χ0) is 21.8. The fourth-order valence-electron chi connectivity index (χ4n) is 4.25. The first-order chi connectivity index (χ1) is 15.0. The van der Waals surface area contributed by atoms with E-state index in [1.54, 1.807) is 36.4 Å². The number of benzene rings is 1. The van der Waals surface area contributed by atoms with E-state index in [1.165, 1.54) is 17.5 Å². The lowest BCUT2D eigenvalue weighted by atomic mass is 9.97. The maximum Gasteiger partial charge on any atom is 0.280 e. The molecule has 4 rings (SSSR count). The van der Waals surface area contributed by atoms with Crippen LogP contribution in [0.15, 0.2) is 47.5 Å². The zero-order valence-electron chi connectivity index (χ0n) is 17.4. The van der Waals surface area contributed by atoms with Crippen LogP contribution >= 0.6 is 0 Å². The summed E-state index contributed by atoms with van der Waals surface area (Å²) in [5, 5.41) is 0. The molecule has 0 radical (unpaired) electrons. The lowest BCUT2D eigenvalue weighted by Crippen LogP contribution is -2.35. The van der Waals surface area contributed by atoms with E-state index in [1.807, 2.05) is 0 Å². The molecular formula is C23H27N3O4S. The first-order valence-electron chi connectivity index (χ1n) is 10.9. The van der Waals surface area contributed by atoms with Crippen molar-refractivity contribution in [3.05, 3.63) is 59.4 Å². The van der Waals surface area contributed by atoms with Crippen LogP contribution in [-0.4, -0.2) is 42.7 Å². The van der Waals surface area contributed by atoms with E-state index < -0.39 is 10.0 Å². The van der Waals surface area contributed by atoms with E-state index in [9.17, 15) is 18.0 Å². The second-order valence-corrected chi connectivity index (χ2v) is 9.93. The highest BCUT2D eigenvalue weighted by Crippen LogP contribution is 2.22. The standard InChI is InChI=1S/C23H27N3O4S/c27-22-20-9-6-15-24-21(20)23(28)26(22)16-14-17-10-12-19(13-11-17)31(29,30)25-18-7-4-2-1-3-5-8-18/h6,9-13,15,18,25H,1-5,7-8,14,16H2. The number of fused-ring (bicyclic) bond motifs is 1. The Bertz CT molecular complexity index is 1020. The molecule has 1 N–H and O–H groups in total. The van der Waals surface area contributed by atoms with E-state index >= 15 is 0 Å². The van der Waals surface area contributed by atoms with Gasteiger partial charge in [0.2, 0.25) is 10.0 Å². The molecule has 0 bridgehead atoms. The normalized spacial score (nSPS) is 18.0. The van der Waals surface area contributed by atoms with Crippen molar-refractivity contribution in [2.75, 3.05) is 6.54 Å². The SMILES string of the molecule is O=C1c2cccnc2C(=O)N1CCc1ccc(S(=O)(=O)NC2CCCCCCC2)cc1. The van der Waals surface area contributed by atoms with Crippen LogP contribution < -0.4 is 4.72 Å². The Balaban J connectivity index is 1.37. The van der Waals surface area contributed by atoms with Gasteiger partial charge in [-0.05, 0) is 49.1 Å². The molecule has 1 aromatic carbocycles. The van der Waals surface area contributed by atoms with Crippen LogP contribution in [-0.2, 0) is 16.4 Å². The van der Waals surface area contributed by atoms with Gasteiger partial charge in [-0.2, -0.15) is 0 Å². The predicted octanol–water partition coefficient (Wildman–Crippen LogP) is 3.31. The second kappa shape index (κ2) is 9.28. The van der Waals surface area contributed by atoms with Gasteiger partial charge in [-0.3, -0.25) is 19.5 Å². The fraction of sp³-hybridized carbons (Fsp3) is 0.435. The average Bonchev–Trinajstić information content (AvgIpc) is 2.99. The Morgan fingerprint density at radius 1 is 0.935 bits per heavy atom. The van der Waals surface area contributed by atoms with Crippen molar-refractivity contribution < 1.29 is 18.0 Å². The van der Waals surface area contributed by atoms with E-state index in [0.717, 1.165) is 44.1 Å². The Labute approximate surface area is 182 Å². The number of nitrogens with one attached hydrogen (secondary N) is 1. The maximum atomic E-state index is 12.8. The fourth-order valence-corrected chi connectivity index (χ4v) is 5.56. The van der Waals surface area contributed by atoms with Gasteiger partial charge < -0.3 is 0 Å². The van der Waals surface area contributed by atoms with Gasteiger partial charge >= 0.3 is 0 Å². The summed E-state index contributed by atoms with van der Waals surface area (Å²) in [7, 11) is -3.57. The number of aromatic nitrogens is 1. The topological polar surface area (TPSA) is 96.4 Å². The molecule has 2 aromatic rings. The molecule has 1 saturated carbocycles. The van der Waals surface area contributed by atoms with Crippen molar-refractivity contribution in [1.82, 2.24) is 14.6 Å². The van der Waals surface area contributed by atoms with Crippen LogP contribution in [0.2, 0.25) is 0 Å². The molecule has 8 heteroatoms. The van der Waals surface area contributed by atoms with Gasteiger partial charge in [-0.15, -0.1) is 0 Å². The van der Waals surface area contributed by atoms with Crippen molar-refractivity contribution >= 4 is 21.8 Å². The maximum absolute atomic E-state index is 12.8. The molecule has 1 aliphatic heterocycles. The molecule has 164 valence electrons. The molecule has 0 unspecified atom stereocenters. The molecule has 7 nitrogen and oxygen atoms in total. The smallest absolute Gasteiger partial charge is 0.273 e. The number of rotatable bonds is 6. The highest BCUT2D eigenvalue weighted by molar-refractivity contribution is 7.89. The van der Waals surface area contributed by atoms with Gasteiger partial charge in [0.1, 0.15) is 5.69 Å². The molecule has 1 aliphatic carbocycles. The number of imide groups is 1. The van der Waals surface area contributed by atoms with Gasteiger partial charge in [0.05, 0.1) is 10.5 Å². The lowest BCUT2D eigenvalue weighted by Gasteiger charge is -2.21. The predicted molar refractivity (Wildman–Crippen MR) is 116 cm³/mol. The van der Waals surface area contributed by atoms with Gasteiger partial charge in [-0.25, -0.2) is 13.1 Å². The Hall–Kier alpha value is -2.58. The average molecular weight is 442 g/mol. The molecule has 2 aliphatic rings. The number of carbonyl (C=O) groups is 2. The second-order valence-electron chi connectivity index (χ2n) is 8.22.